The second kappa shape index (κ2) is 7.11. The van der Waals surface area contributed by atoms with Crippen molar-refractivity contribution >= 4 is 17.2 Å². The third kappa shape index (κ3) is 3.18. The highest BCUT2D eigenvalue weighted by atomic mass is 32.1. The maximum atomic E-state index is 14.2. The molecule has 0 bridgehead atoms. The fourth-order valence-corrected chi connectivity index (χ4v) is 4.67. The van der Waals surface area contributed by atoms with E-state index in [0.717, 1.165) is 55.2 Å². The summed E-state index contributed by atoms with van der Waals surface area (Å²) in [5, 5.41) is 1.62. The van der Waals surface area contributed by atoms with Gasteiger partial charge in [-0.2, -0.15) is 0 Å². The molecular formula is C20H19F3N2OS. The predicted molar refractivity (Wildman–Crippen MR) is 97.9 cm³/mol. The summed E-state index contributed by atoms with van der Waals surface area (Å²) in [7, 11) is 0. The van der Waals surface area contributed by atoms with Gasteiger partial charge in [-0.3, -0.25) is 4.79 Å². The number of piperidine rings is 1. The molecule has 7 heteroatoms. The first-order chi connectivity index (χ1) is 13.0. The number of aromatic nitrogens is 1. The number of amides is 1. The van der Waals surface area contributed by atoms with E-state index < -0.39 is 17.5 Å². The number of rotatable bonds is 2. The number of halogens is 3. The zero-order chi connectivity index (χ0) is 19.1. The normalized spacial score (nSPS) is 19.6. The van der Waals surface area contributed by atoms with Gasteiger partial charge in [0, 0.05) is 23.2 Å². The van der Waals surface area contributed by atoms with Crippen LogP contribution in [0.25, 0.3) is 10.6 Å². The molecule has 1 aliphatic carbocycles. The van der Waals surface area contributed by atoms with Crippen LogP contribution in [0.5, 0.6) is 0 Å². The summed E-state index contributed by atoms with van der Waals surface area (Å²) in [6.07, 6.45) is 7.35. The molecule has 1 atom stereocenters. The van der Waals surface area contributed by atoms with Crippen molar-refractivity contribution in [1.29, 1.82) is 0 Å². The minimum Gasteiger partial charge on any atom is -0.311 e. The van der Waals surface area contributed by atoms with Crippen LogP contribution in [0, 0.1) is 30.3 Å². The fourth-order valence-electron chi connectivity index (χ4n) is 3.87. The molecular weight excluding hydrogens is 373 g/mol. The van der Waals surface area contributed by atoms with Gasteiger partial charge in [0.15, 0.2) is 11.6 Å². The quantitative estimate of drug-likeness (QED) is 0.636. The van der Waals surface area contributed by atoms with Crippen LogP contribution in [0.1, 0.15) is 48.2 Å². The first-order valence-corrected chi connectivity index (χ1v) is 9.97. The molecule has 1 aromatic heterocycles. The van der Waals surface area contributed by atoms with Crippen molar-refractivity contribution in [2.24, 2.45) is 5.92 Å². The molecule has 1 aliphatic heterocycles. The molecule has 1 saturated heterocycles. The Morgan fingerprint density at radius 3 is 2.81 bits per heavy atom. The highest BCUT2D eigenvalue weighted by Crippen LogP contribution is 2.36. The van der Waals surface area contributed by atoms with Crippen molar-refractivity contribution in [1.82, 2.24) is 9.88 Å². The van der Waals surface area contributed by atoms with Gasteiger partial charge in [-0.15, -0.1) is 11.3 Å². The van der Waals surface area contributed by atoms with E-state index in [-0.39, 0.29) is 27.7 Å². The van der Waals surface area contributed by atoms with Crippen molar-refractivity contribution in [2.45, 2.75) is 39.0 Å². The van der Waals surface area contributed by atoms with E-state index in [2.05, 4.69) is 11.1 Å². The number of allylic oxidation sites excluding steroid dienone is 2. The van der Waals surface area contributed by atoms with Crippen molar-refractivity contribution in [3.05, 3.63) is 51.9 Å². The molecule has 3 nitrogen and oxygen atoms in total. The van der Waals surface area contributed by atoms with Gasteiger partial charge in [0.1, 0.15) is 16.5 Å². The number of carbonyl (C=O) groups excluding carboxylic acids is 1. The van der Waals surface area contributed by atoms with Crippen LogP contribution in [0.3, 0.4) is 0 Å². The fraction of sp³-hybridized carbons (Fsp3) is 0.400. The number of hydrogen-bond donors (Lipinski definition) is 0. The lowest BCUT2D eigenvalue weighted by Crippen LogP contribution is -2.39. The molecule has 1 fully saturated rings. The van der Waals surface area contributed by atoms with Gasteiger partial charge in [0.25, 0.3) is 5.91 Å². The Labute approximate surface area is 159 Å². The molecule has 1 unspecified atom stereocenters. The van der Waals surface area contributed by atoms with Gasteiger partial charge in [0.2, 0.25) is 0 Å². The van der Waals surface area contributed by atoms with Crippen LogP contribution in [-0.4, -0.2) is 22.3 Å². The van der Waals surface area contributed by atoms with Crippen LogP contribution < -0.4 is 0 Å². The third-order valence-electron chi connectivity index (χ3n) is 5.36. The first-order valence-electron chi connectivity index (χ1n) is 9.09. The number of thiazole rings is 1. The summed E-state index contributed by atoms with van der Waals surface area (Å²) in [5.41, 5.74) is 0.620. The number of carbonyl (C=O) groups is 1. The number of fused-ring (bicyclic) bond motifs is 1. The van der Waals surface area contributed by atoms with Gasteiger partial charge in [-0.1, -0.05) is 6.08 Å². The molecule has 27 heavy (non-hydrogen) atoms. The Hall–Kier alpha value is -2.15. The third-order valence-corrected chi connectivity index (χ3v) is 6.24. The van der Waals surface area contributed by atoms with Crippen LogP contribution in [-0.2, 0) is 0 Å². The minimum absolute atomic E-state index is 0.0971. The molecule has 0 radical (unpaired) electrons. The molecule has 1 aromatic carbocycles. The van der Waals surface area contributed by atoms with E-state index in [1.54, 1.807) is 4.90 Å². The number of hydrogen-bond acceptors (Lipinski definition) is 3. The number of nitrogens with zero attached hydrogens (tertiary/aromatic N) is 2. The van der Waals surface area contributed by atoms with E-state index in [0.29, 0.717) is 12.5 Å². The summed E-state index contributed by atoms with van der Waals surface area (Å²) in [6.45, 7) is 1.81. The highest BCUT2D eigenvalue weighted by molar-refractivity contribution is 7.13. The van der Waals surface area contributed by atoms with Crippen molar-refractivity contribution in [2.75, 3.05) is 6.54 Å². The smallest absolute Gasteiger partial charge is 0.277 e. The first kappa shape index (κ1) is 18.2. The summed E-state index contributed by atoms with van der Waals surface area (Å²) in [5.74, 6) is -3.02. The largest absolute Gasteiger partial charge is 0.311 e. The predicted octanol–water partition coefficient (Wildman–Crippen LogP) is 5.46. The van der Waals surface area contributed by atoms with E-state index in [1.807, 2.05) is 0 Å². The average Bonchev–Trinajstić information content (AvgIpc) is 3.18. The number of benzene rings is 1. The Morgan fingerprint density at radius 1 is 1.22 bits per heavy atom. The molecule has 0 saturated carbocycles. The zero-order valence-electron chi connectivity index (χ0n) is 14.9. The average molecular weight is 392 g/mol. The second-order valence-electron chi connectivity index (χ2n) is 7.05. The molecule has 2 aliphatic rings. The number of likely N-dealkylation sites (tertiary alicyclic amines) is 1. The van der Waals surface area contributed by atoms with Crippen LogP contribution in [0.2, 0.25) is 0 Å². The summed E-state index contributed by atoms with van der Waals surface area (Å²) >= 11 is 1.01. The monoisotopic (exact) mass is 392 g/mol. The lowest BCUT2D eigenvalue weighted by molar-refractivity contribution is 0.0744. The van der Waals surface area contributed by atoms with Gasteiger partial charge in [0.05, 0.1) is 5.56 Å². The lowest BCUT2D eigenvalue weighted by atomic mass is 9.85. The summed E-state index contributed by atoms with van der Waals surface area (Å²) in [4.78, 5) is 18.9. The Morgan fingerprint density at radius 2 is 2.00 bits per heavy atom. The Kier molecular flexibility index (Phi) is 4.80. The summed E-state index contributed by atoms with van der Waals surface area (Å²) < 4.78 is 41.9. The maximum absolute atomic E-state index is 14.2. The van der Waals surface area contributed by atoms with Crippen LogP contribution in [0.4, 0.5) is 13.2 Å². The molecule has 4 rings (SSSR count). The zero-order valence-corrected chi connectivity index (χ0v) is 15.7. The van der Waals surface area contributed by atoms with Crippen molar-refractivity contribution < 1.29 is 18.0 Å². The molecule has 2 aromatic rings. The van der Waals surface area contributed by atoms with E-state index in [9.17, 15) is 18.0 Å². The molecule has 0 spiro atoms. The molecule has 0 N–H and O–H groups in total. The SMILES string of the molecule is Cc1c(F)cc(-c2nc(C(=O)N3CCCC4CCCC=C43)cs2)c(F)c1F. The summed E-state index contributed by atoms with van der Waals surface area (Å²) in [6, 6.07) is 0.932. The maximum Gasteiger partial charge on any atom is 0.277 e. The van der Waals surface area contributed by atoms with Crippen molar-refractivity contribution in [3.63, 3.8) is 0 Å². The second-order valence-corrected chi connectivity index (χ2v) is 7.91. The molecule has 2 heterocycles. The minimum atomic E-state index is -1.22. The Balaban J connectivity index is 1.65. The van der Waals surface area contributed by atoms with Gasteiger partial charge in [-0.25, -0.2) is 18.2 Å². The van der Waals surface area contributed by atoms with Crippen LogP contribution in [0.15, 0.2) is 23.2 Å². The van der Waals surface area contributed by atoms with Crippen LogP contribution >= 0.6 is 11.3 Å². The van der Waals surface area contributed by atoms with E-state index >= 15 is 0 Å². The Bertz CT molecular complexity index is 938. The van der Waals surface area contributed by atoms with Gasteiger partial charge < -0.3 is 4.90 Å². The van der Waals surface area contributed by atoms with Gasteiger partial charge >= 0.3 is 0 Å². The standard InChI is InChI=1S/C20H19F3N2OS/c1-11-14(21)9-13(18(23)17(11)22)19-24-15(10-27-19)20(26)25-8-4-6-12-5-2-3-7-16(12)25/h7,9-10,12H,2-6,8H2,1H3. The lowest BCUT2D eigenvalue weighted by Gasteiger charge is -2.37. The topological polar surface area (TPSA) is 33.2 Å². The molecule has 1 amide bonds. The van der Waals surface area contributed by atoms with E-state index in [1.165, 1.54) is 12.3 Å². The van der Waals surface area contributed by atoms with Crippen molar-refractivity contribution in [3.8, 4) is 10.6 Å². The highest BCUT2D eigenvalue weighted by Gasteiger charge is 2.32. The van der Waals surface area contributed by atoms with E-state index in [4.69, 9.17) is 0 Å². The molecule has 142 valence electrons. The van der Waals surface area contributed by atoms with Gasteiger partial charge in [-0.05, 0) is 51.0 Å².